The topological polar surface area (TPSA) is 145 Å². The van der Waals surface area contributed by atoms with E-state index in [1.165, 1.54) is 11.3 Å². The highest BCUT2D eigenvalue weighted by molar-refractivity contribution is 7.90. The Morgan fingerprint density at radius 1 is 1.10 bits per heavy atom. The van der Waals surface area contributed by atoms with E-state index >= 15 is 0 Å². The van der Waals surface area contributed by atoms with Gasteiger partial charge in [-0.2, -0.15) is 0 Å². The molecule has 0 spiro atoms. The molecule has 52 heavy (non-hydrogen) atoms. The zero-order chi connectivity index (χ0) is 36.9. The second-order valence-corrected chi connectivity index (χ2v) is 18.2. The number of Topliss-reactive ketones (excluding diaryl/α,β-unsaturated/α-hetero) is 1. The van der Waals surface area contributed by atoms with Crippen molar-refractivity contribution in [3.63, 3.8) is 0 Å². The maximum Gasteiger partial charge on any atom is 0.240 e. The van der Waals surface area contributed by atoms with Gasteiger partial charge in [-0.15, -0.1) is 11.3 Å². The van der Waals surface area contributed by atoms with Gasteiger partial charge in [0.15, 0.2) is 0 Å². The molecule has 3 fully saturated rings. The van der Waals surface area contributed by atoms with Gasteiger partial charge in [0.25, 0.3) is 0 Å². The number of ketones is 1. The Morgan fingerprint density at radius 2 is 1.87 bits per heavy atom. The molecule has 7 rings (SSSR count). The van der Waals surface area contributed by atoms with Crippen molar-refractivity contribution >= 4 is 49.9 Å². The molecule has 4 aliphatic rings. The number of aryl methyl sites for hydroxylation is 1. The monoisotopic (exact) mass is 748 g/mol. The number of amides is 2. The predicted octanol–water partition coefficient (Wildman–Crippen LogP) is 6.34. The van der Waals surface area contributed by atoms with Crippen molar-refractivity contribution in [2.45, 2.75) is 95.8 Å². The van der Waals surface area contributed by atoms with Gasteiger partial charge in [0.1, 0.15) is 34.1 Å². The third-order valence-electron chi connectivity index (χ3n) is 11.4. The molecule has 1 aliphatic heterocycles. The Hall–Kier alpha value is -3.84. The average Bonchev–Trinajstić information content (AvgIpc) is 3.98. The second kappa shape index (κ2) is 14.2. The summed E-state index contributed by atoms with van der Waals surface area (Å²) >= 11 is 1.52. The molecule has 0 bridgehead atoms. The lowest BCUT2D eigenvalue weighted by atomic mass is 9.84. The minimum absolute atomic E-state index is 0.107. The maximum atomic E-state index is 14.4. The largest absolute Gasteiger partial charge is 0.496 e. The van der Waals surface area contributed by atoms with Crippen LogP contribution in [0.15, 0.2) is 35.7 Å². The van der Waals surface area contributed by atoms with Crippen LogP contribution in [0.5, 0.6) is 11.5 Å². The van der Waals surface area contributed by atoms with E-state index in [9.17, 15) is 22.8 Å². The Morgan fingerprint density at radius 3 is 2.58 bits per heavy atom. The summed E-state index contributed by atoms with van der Waals surface area (Å²) in [5, 5.41) is 3.04. The number of methoxy groups -OCH3 is 1. The Balaban J connectivity index is 1.21. The van der Waals surface area contributed by atoms with Crippen LogP contribution in [0.1, 0.15) is 88.8 Å². The fourth-order valence-corrected chi connectivity index (χ4v) is 10.2. The van der Waals surface area contributed by atoms with Gasteiger partial charge in [0, 0.05) is 48.3 Å². The molecule has 5 atom stereocenters. The van der Waals surface area contributed by atoms with Crippen molar-refractivity contribution in [2.75, 3.05) is 20.7 Å². The van der Waals surface area contributed by atoms with Crippen LogP contribution in [0.2, 0.25) is 0 Å². The molecule has 11 nitrogen and oxygen atoms in total. The van der Waals surface area contributed by atoms with Gasteiger partial charge in [-0.05, 0) is 82.3 Å². The highest BCUT2D eigenvalue weighted by Gasteiger charge is 2.61. The van der Waals surface area contributed by atoms with Gasteiger partial charge >= 0.3 is 0 Å². The number of rotatable bonds is 8. The molecule has 2 amide bonds. The van der Waals surface area contributed by atoms with Crippen molar-refractivity contribution < 1.29 is 32.3 Å². The van der Waals surface area contributed by atoms with Gasteiger partial charge in [-0.25, -0.2) is 18.4 Å². The molecule has 3 aromatic rings. The van der Waals surface area contributed by atoms with E-state index in [0.717, 1.165) is 46.4 Å². The number of ether oxygens (including phenoxy) is 2. The summed E-state index contributed by atoms with van der Waals surface area (Å²) in [7, 11) is -0.379. The lowest BCUT2D eigenvalue weighted by molar-refractivity contribution is -0.140. The highest BCUT2D eigenvalue weighted by Crippen LogP contribution is 2.58. The molecule has 0 radical (unpaired) electrons. The molecule has 278 valence electrons. The summed E-state index contributed by atoms with van der Waals surface area (Å²) in [5.74, 6) is -0.909. The molecule has 3 aliphatic carbocycles. The van der Waals surface area contributed by atoms with Crippen molar-refractivity contribution in [3.05, 3.63) is 47.0 Å². The number of hydrogen-bond acceptors (Lipinski definition) is 10. The van der Waals surface area contributed by atoms with Gasteiger partial charge in [0.2, 0.25) is 21.8 Å². The van der Waals surface area contributed by atoms with Gasteiger partial charge < -0.3 is 14.4 Å². The molecule has 1 N–H and O–H groups in total. The van der Waals surface area contributed by atoms with Crippen LogP contribution >= 0.6 is 11.3 Å². The third kappa shape index (κ3) is 7.10. The molecular weight excluding hydrogens is 701 g/mol. The van der Waals surface area contributed by atoms with E-state index in [1.807, 2.05) is 42.7 Å². The minimum Gasteiger partial charge on any atom is -0.496 e. The number of thiazole rings is 1. The number of benzene rings is 1. The number of nitrogens with one attached hydrogen (secondary N) is 1. The summed E-state index contributed by atoms with van der Waals surface area (Å²) in [4.78, 5) is 53.7. The van der Waals surface area contributed by atoms with E-state index in [2.05, 4.69) is 18.6 Å². The predicted molar refractivity (Wildman–Crippen MR) is 200 cm³/mol. The molecule has 1 aromatic carbocycles. The Kier molecular flexibility index (Phi) is 9.96. The smallest absolute Gasteiger partial charge is 0.240 e. The van der Waals surface area contributed by atoms with E-state index in [4.69, 9.17) is 19.4 Å². The van der Waals surface area contributed by atoms with Crippen LogP contribution in [0.3, 0.4) is 0 Å². The third-order valence-corrected chi connectivity index (χ3v) is 14.1. The van der Waals surface area contributed by atoms with Crippen LogP contribution in [0, 0.1) is 30.1 Å². The van der Waals surface area contributed by atoms with Crippen LogP contribution in [0.25, 0.3) is 21.6 Å². The van der Waals surface area contributed by atoms with Crippen molar-refractivity contribution in [1.29, 1.82) is 0 Å². The van der Waals surface area contributed by atoms with Crippen LogP contribution < -0.4 is 14.2 Å². The number of carbonyl (C=O) groups is 3. The zero-order valence-electron chi connectivity index (χ0n) is 30.5. The molecular formula is C39H48N4O7S2. The second-order valence-electron chi connectivity index (χ2n) is 15.4. The quantitative estimate of drug-likeness (QED) is 0.261. The summed E-state index contributed by atoms with van der Waals surface area (Å²) < 4.78 is 40.4. The fraction of sp³-hybridized carbons (Fsp3) is 0.564. The van der Waals surface area contributed by atoms with E-state index < -0.39 is 44.5 Å². The standard InChI is InChI=1S/C39H48N4O7S2/c1-22(2)31-21-51-36(41-31)30-18-34(27-13-14-33(49-5)23(3)35(27)40-30)50-25-16-28-29(17-25)37(45)43(4)15-9-7-6-8-10-24-19-39(24,20-32(28)44)38(46)42-52(47,48)26-11-12-26/h8,10,13-14,18,21-22,24-26,28-29H,6-7,9,11-12,15-17,19-20H2,1-5H3,(H,42,46)/b10-8-/t24-,25-,28-,29?,39-/m1/s1. The molecule has 3 saturated carbocycles. The van der Waals surface area contributed by atoms with Crippen molar-refractivity contribution in [1.82, 2.24) is 19.6 Å². The van der Waals surface area contributed by atoms with Crippen LogP contribution in [-0.2, 0) is 24.4 Å². The zero-order valence-corrected chi connectivity index (χ0v) is 32.1. The first-order valence-electron chi connectivity index (χ1n) is 18.4. The van der Waals surface area contributed by atoms with Crippen LogP contribution in [0.4, 0.5) is 0 Å². The first-order chi connectivity index (χ1) is 24.8. The average molecular weight is 749 g/mol. The lowest BCUT2D eigenvalue weighted by Crippen LogP contribution is -2.42. The first kappa shape index (κ1) is 36.5. The number of fused-ring (bicyclic) bond motifs is 3. The SMILES string of the molecule is COc1ccc2c(O[C@H]3CC4C(=O)N(C)CCCC/C=C\[C@@H]5C[C@@]5(C(=O)NS(=O)(=O)C5CC5)CC(=O)[C@@H]4C3)cc(-c3nc(C(C)C)cs3)nc2c1C. The molecule has 0 saturated heterocycles. The number of hydrogen-bond donors (Lipinski definition) is 1. The molecule has 1 unspecified atom stereocenters. The number of sulfonamides is 1. The Bertz CT molecular complexity index is 2040. The first-order valence-corrected chi connectivity index (χ1v) is 20.8. The van der Waals surface area contributed by atoms with E-state index in [-0.39, 0.29) is 29.9 Å². The molecule has 3 heterocycles. The fourth-order valence-electron chi connectivity index (χ4n) is 7.90. The molecule has 13 heteroatoms. The van der Waals surface area contributed by atoms with Crippen LogP contribution in [-0.4, -0.2) is 72.9 Å². The lowest BCUT2D eigenvalue weighted by Gasteiger charge is -2.26. The van der Waals surface area contributed by atoms with E-state index in [0.29, 0.717) is 55.8 Å². The summed E-state index contributed by atoms with van der Waals surface area (Å²) in [6.45, 7) is 6.73. The van der Waals surface area contributed by atoms with Gasteiger partial charge in [0.05, 0.1) is 34.9 Å². The van der Waals surface area contributed by atoms with Crippen molar-refractivity contribution in [2.24, 2.45) is 23.2 Å². The number of allylic oxidation sites excluding steroid dienone is 2. The Labute approximate surface area is 309 Å². The van der Waals surface area contributed by atoms with Crippen molar-refractivity contribution in [3.8, 4) is 22.2 Å². The highest BCUT2D eigenvalue weighted by atomic mass is 32.2. The van der Waals surface area contributed by atoms with Gasteiger partial charge in [-0.3, -0.25) is 19.1 Å². The summed E-state index contributed by atoms with van der Waals surface area (Å²) in [6, 6.07) is 5.70. The number of carbonyl (C=O) groups excluding carboxylic acids is 3. The number of pyridine rings is 1. The van der Waals surface area contributed by atoms with Gasteiger partial charge in [-0.1, -0.05) is 26.0 Å². The minimum atomic E-state index is -3.79. The van der Waals surface area contributed by atoms with E-state index in [1.54, 1.807) is 19.1 Å². The maximum absolute atomic E-state index is 14.4. The summed E-state index contributed by atoms with van der Waals surface area (Å²) in [6.07, 6.45) is 7.95. The normalized spacial score (nSPS) is 27.5. The summed E-state index contributed by atoms with van der Waals surface area (Å²) in [5.41, 5.74) is 2.08. The number of nitrogens with zero attached hydrogens (tertiary/aromatic N) is 3. The number of aromatic nitrogens is 2. The molecule has 2 aromatic heterocycles.